The SMILES string of the molecule is O=S(=O)(Nc1cccnn1)c1ccc2c(c1)OCCC2c1ccc(C(F)(F)F)cc1CCCCF. The zero-order valence-corrected chi connectivity index (χ0v) is 19.4. The summed E-state index contributed by atoms with van der Waals surface area (Å²) in [5.41, 5.74) is 1.14. The highest BCUT2D eigenvalue weighted by Gasteiger charge is 2.33. The summed E-state index contributed by atoms with van der Waals surface area (Å²) in [6.07, 6.45) is -1.56. The van der Waals surface area contributed by atoms with E-state index in [1.807, 2.05) is 0 Å². The van der Waals surface area contributed by atoms with Gasteiger partial charge in [-0.25, -0.2) is 8.42 Å². The molecule has 1 N–H and O–H groups in total. The molecule has 0 saturated carbocycles. The Morgan fingerprint density at radius 1 is 1.06 bits per heavy atom. The van der Waals surface area contributed by atoms with Gasteiger partial charge in [0.15, 0.2) is 5.82 Å². The molecule has 1 aromatic heterocycles. The molecule has 11 heteroatoms. The highest BCUT2D eigenvalue weighted by Crippen LogP contribution is 2.42. The predicted octanol–water partition coefficient (Wildman–Crippen LogP) is 5.50. The van der Waals surface area contributed by atoms with Crippen molar-refractivity contribution in [3.05, 3.63) is 77.0 Å². The van der Waals surface area contributed by atoms with E-state index in [0.29, 0.717) is 41.7 Å². The van der Waals surface area contributed by atoms with Crippen molar-refractivity contribution >= 4 is 15.8 Å². The standard InChI is InChI=1S/C24H23F4N3O3S/c25-11-2-1-4-16-14-17(24(26,27)28)6-8-19(16)20-10-13-34-22-15-18(7-9-21(20)22)35(32,33)31-23-5-3-12-29-30-23/h3,5-9,12,14-15,20H,1-2,4,10-11,13H2,(H,30,31). The lowest BCUT2D eigenvalue weighted by molar-refractivity contribution is -0.137. The molecule has 0 aliphatic carbocycles. The van der Waals surface area contributed by atoms with Gasteiger partial charge in [-0.2, -0.15) is 18.3 Å². The molecule has 0 saturated heterocycles. The molecule has 0 bridgehead atoms. The molecule has 6 nitrogen and oxygen atoms in total. The molecule has 1 atom stereocenters. The number of alkyl halides is 4. The van der Waals surface area contributed by atoms with Crippen LogP contribution in [0.15, 0.2) is 59.6 Å². The van der Waals surface area contributed by atoms with Gasteiger partial charge in [-0.3, -0.25) is 9.11 Å². The minimum atomic E-state index is -4.49. The third-order valence-corrected chi connectivity index (χ3v) is 7.17. The highest BCUT2D eigenvalue weighted by atomic mass is 32.2. The predicted molar refractivity (Wildman–Crippen MR) is 122 cm³/mol. The van der Waals surface area contributed by atoms with Crippen LogP contribution in [0.5, 0.6) is 5.75 Å². The molecule has 1 unspecified atom stereocenters. The monoisotopic (exact) mass is 509 g/mol. The maximum absolute atomic E-state index is 13.3. The van der Waals surface area contributed by atoms with E-state index in [4.69, 9.17) is 4.74 Å². The van der Waals surface area contributed by atoms with Gasteiger partial charge in [-0.15, -0.1) is 5.10 Å². The number of nitrogens with zero attached hydrogens (tertiary/aromatic N) is 2. The van der Waals surface area contributed by atoms with Crippen molar-refractivity contribution in [2.75, 3.05) is 18.0 Å². The van der Waals surface area contributed by atoms with E-state index in [1.54, 1.807) is 12.1 Å². The van der Waals surface area contributed by atoms with Crippen molar-refractivity contribution in [1.82, 2.24) is 10.2 Å². The zero-order valence-electron chi connectivity index (χ0n) is 18.6. The normalized spacial score (nSPS) is 15.8. The fourth-order valence-corrected chi connectivity index (χ4v) is 5.17. The van der Waals surface area contributed by atoms with Gasteiger partial charge in [0.1, 0.15) is 5.75 Å². The number of rotatable bonds is 8. The summed E-state index contributed by atoms with van der Waals surface area (Å²) in [6, 6.07) is 11.1. The molecule has 2 heterocycles. The topological polar surface area (TPSA) is 81.2 Å². The van der Waals surface area contributed by atoms with Gasteiger partial charge in [-0.1, -0.05) is 12.1 Å². The lowest BCUT2D eigenvalue weighted by atomic mass is 9.82. The molecular formula is C24H23F4N3O3S. The van der Waals surface area contributed by atoms with Gasteiger partial charge in [0.05, 0.1) is 23.7 Å². The first-order valence-electron chi connectivity index (χ1n) is 11.0. The van der Waals surface area contributed by atoms with Gasteiger partial charge in [0, 0.05) is 23.7 Å². The minimum Gasteiger partial charge on any atom is -0.493 e. The molecule has 35 heavy (non-hydrogen) atoms. The second-order valence-electron chi connectivity index (χ2n) is 8.16. The number of aryl methyl sites for hydroxylation is 1. The lowest BCUT2D eigenvalue weighted by Gasteiger charge is -2.29. The molecule has 0 radical (unpaired) electrons. The summed E-state index contributed by atoms with van der Waals surface area (Å²) in [5, 5.41) is 7.36. The van der Waals surface area contributed by atoms with Crippen molar-refractivity contribution in [3.8, 4) is 5.75 Å². The van der Waals surface area contributed by atoms with Crippen LogP contribution >= 0.6 is 0 Å². The summed E-state index contributed by atoms with van der Waals surface area (Å²) in [5.74, 6) is 0.121. The average molecular weight is 510 g/mol. The van der Waals surface area contributed by atoms with E-state index < -0.39 is 28.4 Å². The second-order valence-corrected chi connectivity index (χ2v) is 9.84. The quantitative estimate of drug-likeness (QED) is 0.320. The van der Waals surface area contributed by atoms with E-state index >= 15 is 0 Å². The number of fused-ring (bicyclic) bond motifs is 1. The third kappa shape index (κ3) is 5.72. The number of ether oxygens (including phenoxy) is 1. The van der Waals surface area contributed by atoms with Crippen molar-refractivity contribution in [2.24, 2.45) is 0 Å². The molecule has 0 amide bonds. The van der Waals surface area contributed by atoms with Gasteiger partial charge >= 0.3 is 6.18 Å². The molecule has 0 fully saturated rings. The zero-order chi connectivity index (χ0) is 25.1. The molecular weight excluding hydrogens is 486 g/mol. The van der Waals surface area contributed by atoms with Crippen LogP contribution in [0.4, 0.5) is 23.4 Å². The van der Waals surface area contributed by atoms with E-state index in [0.717, 1.165) is 12.1 Å². The van der Waals surface area contributed by atoms with E-state index in [-0.39, 0.29) is 29.7 Å². The van der Waals surface area contributed by atoms with Gasteiger partial charge in [0.25, 0.3) is 10.0 Å². The van der Waals surface area contributed by atoms with Crippen LogP contribution in [0.3, 0.4) is 0 Å². The Balaban J connectivity index is 1.68. The fraction of sp³-hybridized carbons (Fsp3) is 0.333. The molecule has 186 valence electrons. The molecule has 4 rings (SSSR count). The Hall–Kier alpha value is -3.21. The number of benzene rings is 2. The third-order valence-electron chi connectivity index (χ3n) is 5.82. The number of hydrogen-bond donors (Lipinski definition) is 1. The van der Waals surface area contributed by atoms with Crippen LogP contribution in [0, 0.1) is 0 Å². The van der Waals surface area contributed by atoms with Crippen molar-refractivity contribution in [1.29, 1.82) is 0 Å². The molecule has 1 aliphatic rings. The summed E-state index contributed by atoms with van der Waals surface area (Å²) in [7, 11) is -3.97. The van der Waals surface area contributed by atoms with E-state index in [2.05, 4.69) is 14.9 Å². The smallest absolute Gasteiger partial charge is 0.416 e. The van der Waals surface area contributed by atoms with Crippen LogP contribution < -0.4 is 9.46 Å². The number of unbranched alkanes of at least 4 members (excludes halogenated alkanes) is 1. The van der Waals surface area contributed by atoms with Gasteiger partial charge in [-0.05, 0) is 67.1 Å². The summed E-state index contributed by atoms with van der Waals surface area (Å²) in [6.45, 7) is -0.266. The van der Waals surface area contributed by atoms with Gasteiger partial charge < -0.3 is 4.74 Å². The summed E-state index contributed by atoms with van der Waals surface area (Å²) in [4.78, 5) is -0.0434. The Kier molecular flexibility index (Phi) is 7.25. The van der Waals surface area contributed by atoms with E-state index in [9.17, 15) is 26.0 Å². The minimum absolute atomic E-state index is 0.0434. The first-order valence-corrected chi connectivity index (χ1v) is 12.5. The van der Waals surface area contributed by atoms with Crippen LogP contribution in [0.1, 0.15) is 47.4 Å². The summed E-state index contributed by atoms with van der Waals surface area (Å²) >= 11 is 0. The van der Waals surface area contributed by atoms with Crippen LogP contribution in [-0.2, 0) is 22.6 Å². The Labute approximate surface area is 200 Å². The first-order chi connectivity index (χ1) is 16.7. The first kappa shape index (κ1) is 24.9. The Morgan fingerprint density at radius 3 is 2.57 bits per heavy atom. The van der Waals surface area contributed by atoms with Crippen molar-refractivity contribution in [3.63, 3.8) is 0 Å². The van der Waals surface area contributed by atoms with Crippen LogP contribution in [0.25, 0.3) is 0 Å². The lowest BCUT2D eigenvalue weighted by Crippen LogP contribution is -2.19. The molecule has 3 aromatic rings. The molecule has 0 spiro atoms. The largest absolute Gasteiger partial charge is 0.493 e. The maximum atomic E-state index is 13.3. The number of hydrogen-bond acceptors (Lipinski definition) is 5. The highest BCUT2D eigenvalue weighted by molar-refractivity contribution is 7.92. The number of anilines is 1. The van der Waals surface area contributed by atoms with E-state index in [1.165, 1.54) is 30.5 Å². The Morgan fingerprint density at radius 2 is 1.86 bits per heavy atom. The summed E-state index contributed by atoms with van der Waals surface area (Å²) < 4.78 is 86.3. The Bertz CT molecular complexity index is 1280. The molecule has 2 aromatic carbocycles. The average Bonchev–Trinajstić information content (AvgIpc) is 2.83. The van der Waals surface area contributed by atoms with Crippen LogP contribution in [-0.4, -0.2) is 31.9 Å². The van der Waals surface area contributed by atoms with Crippen molar-refractivity contribution < 1.29 is 30.7 Å². The number of sulfonamides is 1. The van der Waals surface area contributed by atoms with Gasteiger partial charge in [0.2, 0.25) is 0 Å². The number of nitrogens with one attached hydrogen (secondary N) is 1. The number of aromatic nitrogens is 2. The van der Waals surface area contributed by atoms with Crippen LogP contribution in [0.2, 0.25) is 0 Å². The molecule has 1 aliphatic heterocycles. The second kappa shape index (κ2) is 10.2. The fourth-order valence-electron chi connectivity index (χ4n) is 4.16. The number of halogens is 4. The maximum Gasteiger partial charge on any atom is 0.416 e. The van der Waals surface area contributed by atoms with Crippen molar-refractivity contribution in [2.45, 2.75) is 42.7 Å².